The number of carbonyl (C=O) groups is 1. The highest BCUT2D eigenvalue weighted by molar-refractivity contribution is 9.10. The van der Waals surface area contributed by atoms with E-state index < -0.39 is 0 Å². The minimum Gasteiger partial charge on any atom is -0.448 e. The molecule has 1 aromatic heterocycles. The van der Waals surface area contributed by atoms with E-state index in [1.54, 1.807) is 0 Å². The number of H-pyrrole nitrogens is 1. The molecule has 28 heavy (non-hydrogen) atoms. The lowest BCUT2D eigenvalue weighted by Gasteiger charge is -2.48. The molecule has 1 N–H and O–H groups in total. The molecule has 7 heteroatoms. The van der Waals surface area contributed by atoms with Crippen LogP contribution in [-0.4, -0.2) is 73.4 Å². The summed E-state index contributed by atoms with van der Waals surface area (Å²) in [6.45, 7) is 4.59. The van der Waals surface area contributed by atoms with Gasteiger partial charge in [0, 0.05) is 48.4 Å². The van der Waals surface area contributed by atoms with Crippen molar-refractivity contribution in [3.8, 4) is 0 Å². The van der Waals surface area contributed by atoms with Gasteiger partial charge >= 0.3 is 0 Å². The van der Waals surface area contributed by atoms with Crippen molar-refractivity contribution < 1.29 is 14.3 Å². The normalized spacial score (nSPS) is 29.4. The molecule has 4 atom stereocenters. The van der Waals surface area contributed by atoms with Gasteiger partial charge in [-0.05, 0) is 53.0 Å². The van der Waals surface area contributed by atoms with Crippen molar-refractivity contribution in [2.45, 2.75) is 31.0 Å². The molecule has 1 aromatic carbocycles. The molecule has 5 rings (SSSR count). The first kappa shape index (κ1) is 18.6. The maximum atomic E-state index is 11.3. The van der Waals surface area contributed by atoms with Crippen LogP contribution >= 0.6 is 15.9 Å². The Morgan fingerprint density at radius 2 is 2.18 bits per heavy atom. The van der Waals surface area contributed by atoms with Crippen LogP contribution < -0.4 is 0 Å². The van der Waals surface area contributed by atoms with Gasteiger partial charge in [0.15, 0.2) is 6.23 Å². The largest absolute Gasteiger partial charge is 0.448 e. The molecule has 2 saturated heterocycles. The van der Waals surface area contributed by atoms with Gasteiger partial charge in [0.25, 0.3) is 6.47 Å². The van der Waals surface area contributed by atoms with Gasteiger partial charge < -0.3 is 19.4 Å². The van der Waals surface area contributed by atoms with E-state index in [0.717, 1.165) is 37.1 Å². The molecule has 6 nitrogen and oxygen atoms in total. The number of likely N-dealkylation sites (tertiary alicyclic amines) is 1. The zero-order valence-electron chi connectivity index (χ0n) is 16.1. The molecule has 0 radical (unpaired) electrons. The van der Waals surface area contributed by atoms with Gasteiger partial charge in [0.05, 0.1) is 17.8 Å². The van der Waals surface area contributed by atoms with Crippen LogP contribution in [0.25, 0.3) is 10.9 Å². The van der Waals surface area contributed by atoms with Crippen LogP contribution in [0.15, 0.2) is 22.8 Å². The molecule has 2 unspecified atom stereocenters. The van der Waals surface area contributed by atoms with Gasteiger partial charge in [0.1, 0.15) is 0 Å². The number of rotatable bonds is 4. The fourth-order valence-electron chi connectivity index (χ4n) is 5.62. The minimum absolute atomic E-state index is 0.177. The zero-order chi connectivity index (χ0) is 19.3. The molecule has 2 fully saturated rings. The maximum Gasteiger partial charge on any atom is 0.294 e. The maximum absolute atomic E-state index is 11.3. The Labute approximate surface area is 173 Å². The summed E-state index contributed by atoms with van der Waals surface area (Å²) in [5.41, 5.74) is 4.02. The fraction of sp³-hybridized carbons (Fsp3) is 0.571. The fourth-order valence-corrected chi connectivity index (χ4v) is 6.19. The average Bonchev–Trinajstić information content (AvgIpc) is 3.04. The lowest BCUT2D eigenvalue weighted by atomic mass is 9.72. The first-order chi connectivity index (χ1) is 13.7. The van der Waals surface area contributed by atoms with Crippen LogP contribution in [0.4, 0.5) is 0 Å². The van der Waals surface area contributed by atoms with Crippen LogP contribution in [-0.2, 0) is 20.7 Å². The Bertz CT molecular complexity index is 879. The highest BCUT2D eigenvalue weighted by Crippen LogP contribution is 2.47. The lowest BCUT2D eigenvalue weighted by molar-refractivity contribution is -0.160. The molecule has 0 saturated carbocycles. The van der Waals surface area contributed by atoms with Gasteiger partial charge in [-0.25, -0.2) is 0 Å². The van der Waals surface area contributed by atoms with E-state index in [1.807, 2.05) is 0 Å². The Balaban J connectivity index is 1.49. The van der Waals surface area contributed by atoms with Crippen molar-refractivity contribution in [2.24, 2.45) is 5.92 Å². The van der Waals surface area contributed by atoms with E-state index in [2.05, 4.69) is 56.0 Å². The number of halogens is 1. The molecule has 2 aromatic rings. The monoisotopic (exact) mass is 447 g/mol. The quantitative estimate of drug-likeness (QED) is 0.730. The van der Waals surface area contributed by atoms with E-state index in [1.165, 1.54) is 22.0 Å². The molecule has 150 valence electrons. The van der Waals surface area contributed by atoms with Gasteiger partial charge in [-0.1, -0.05) is 12.1 Å². The zero-order valence-corrected chi connectivity index (χ0v) is 17.7. The van der Waals surface area contributed by atoms with E-state index in [4.69, 9.17) is 9.47 Å². The van der Waals surface area contributed by atoms with Gasteiger partial charge in [0.2, 0.25) is 0 Å². The number of aromatic amines is 1. The number of hydrogen-bond acceptors (Lipinski definition) is 5. The summed E-state index contributed by atoms with van der Waals surface area (Å²) in [4.78, 5) is 19.5. The van der Waals surface area contributed by atoms with Crippen LogP contribution in [0.3, 0.4) is 0 Å². The lowest BCUT2D eigenvalue weighted by Crippen LogP contribution is -2.56. The second-order valence-electron chi connectivity index (χ2n) is 8.27. The number of ether oxygens (including phenoxy) is 2. The molecule has 1 aliphatic carbocycles. The minimum atomic E-state index is -0.177. The SMILES string of the molecule is CN1C[C@H](C(OC=O)N2CCOCC2)CC2c3cccc4[nH]c(Br)c(c34)C[C@H]21. The Hall–Kier alpha value is -1.41. The van der Waals surface area contributed by atoms with Gasteiger partial charge in [-0.2, -0.15) is 0 Å². The third-order valence-corrected chi connectivity index (χ3v) is 7.51. The van der Waals surface area contributed by atoms with E-state index in [-0.39, 0.29) is 12.1 Å². The first-order valence-electron chi connectivity index (χ1n) is 10.1. The standard InChI is InChI=1S/C21H26BrN3O3/c1-24-11-13(21(28-12-26)25-5-7-27-8-6-25)9-15-14-3-2-4-17-19(14)16(10-18(15)24)20(22)23-17/h2-4,12-13,15,18,21,23H,5-11H2,1H3/t13-,15?,18-,21?/m1/s1. The van der Waals surface area contributed by atoms with Crippen molar-refractivity contribution in [1.29, 1.82) is 0 Å². The average molecular weight is 448 g/mol. The van der Waals surface area contributed by atoms with Crippen LogP contribution in [0.1, 0.15) is 23.5 Å². The highest BCUT2D eigenvalue weighted by atomic mass is 79.9. The van der Waals surface area contributed by atoms with Crippen molar-refractivity contribution in [2.75, 3.05) is 39.9 Å². The summed E-state index contributed by atoms with van der Waals surface area (Å²) in [5, 5.41) is 1.38. The van der Waals surface area contributed by atoms with Crippen molar-refractivity contribution in [3.63, 3.8) is 0 Å². The second kappa shape index (κ2) is 7.44. The molecule has 3 heterocycles. The molecule has 2 aliphatic heterocycles. The number of carbonyl (C=O) groups excluding carboxylic acids is 1. The summed E-state index contributed by atoms with van der Waals surface area (Å²) in [5.74, 6) is 0.732. The summed E-state index contributed by atoms with van der Waals surface area (Å²) < 4.78 is 12.3. The highest BCUT2D eigenvalue weighted by Gasteiger charge is 2.44. The summed E-state index contributed by atoms with van der Waals surface area (Å²) in [6.07, 6.45) is 1.90. The predicted molar refractivity (Wildman–Crippen MR) is 110 cm³/mol. The van der Waals surface area contributed by atoms with E-state index in [0.29, 0.717) is 31.6 Å². The number of piperidine rings is 1. The number of morpholine rings is 1. The summed E-state index contributed by atoms with van der Waals surface area (Å²) in [6, 6.07) is 7.06. The van der Waals surface area contributed by atoms with E-state index >= 15 is 0 Å². The number of fused-ring (bicyclic) bond motifs is 2. The topological polar surface area (TPSA) is 57.8 Å². The number of likely N-dealkylation sites (N-methyl/N-ethyl adjacent to an activating group) is 1. The molecule has 3 aliphatic rings. The number of hydrogen-bond donors (Lipinski definition) is 1. The molecule has 0 bridgehead atoms. The van der Waals surface area contributed by atoms with Crippen LogP contribution in [0.5, 0.6) is 0 Å². The van der Waals surface area contributed by atoms with E-state index in [9.17, 15) is 4.79 Å². The Morgan fingerprint density at radius 1 is 1.36 bits per heavy atom. The summed E-state index contributed by atoms with van der Waals surface area (Å²) in [7, 11) is 2.22. The summed E-state index contributed by atoms with van der Waals surface area (Å²) >= 11 is 3.73. The van der Waals surface area contributed by atoms with Crippen molar-refractivity contribution in [3.05, 3.63) is 33.9 Å². The van der Waals surface area contributed by atoms with Crippen molar-refractivity contribution >= 4 is 33.3 Å². The first-order valence-corrected chi connectivity index (χ1v) is 10.9. The third kappa shape index (κ3) is 3.00. The number of nitrogens with zero attached hydrogens (tertiary/aromatic N) is 2. The molecule has 0 amide bonds. The van der Waals surface area contributed by atoms with Gasteiger partial charge in [-0.3, -0.25) is 9.69 Å². The van der Waals surface area contributed by atoms with Crippen LogP contribution in [0.2, 0.25) is 0 Å². The molecular weight excluding hydrogens is 422 g/mol. The Kier molecular flexibility index (Phi) is 4.95. The molecular formula is C21H26BrN3O3. The van der Waals surface area contributed by atoms with Crippen molar-refractivity contribution in [1.82, 2.24) is 14.8 Å². The smallest absolute Gasteiger partial charge is 0.294 e. The second-order valence-corrected chi connectivity index (χ2v) is 9.06. The molecule has 0 spiro atoms. The predicted octanol–water partition coefficient (Wildman–Crippen LogP) is 2.72. The van der Waals surface area contributed by atoms with Gasteiger partial charge in [-0.15, -0.1) is 0 Å². The number of benzene rings is 1. The Morgan fingerprint density at radius 3 is 2.96 bits per heavy atom. The number of aromatic nitrogens is 1. The third-order valence-electron chi connectivity index (χ3n) is 6.83. The number of nitrogens with one attached hydrogen (secondary N) is 1. The van der Waals surface area contributed by atoms with Crippen LogP contribution in [0, 0.1) is 5.92 Å².